The van der Waals surface area contributed by atoms with Gasteiger partial charge in [-0.1, -0.05) is 18.2 Å². The van der Waals surface area contributed by atoms with Crippen LogP contribution in [0.5, 0.6) is 0 Å². The maximum atomic E-state index is 12.1. The van der Waals surface area contributed by atoms with E-state index in [9.17, 15) is 19.2 Å². The number of ether oxygens (including phenoxy) is 5. The zero-order valence-corrected chi connectivity index (χ0v) is 20.3. The molecule has 35 heavy (non-hydrogen) atoms. The molecule has 0 saturated carbocycles. The van der Waals surface area contributed by atoms with Crippen LogP contribution < -0.4 is 0 Å². The molecule has 1 saturated heterocycles. The molecule has 186 valence electrons. The minimum atomic E-state index is -1.25. The molecule has 0 bridgehead atoms. The van der Waals surface area contributed by atoms with Crippen LogP contribution in [0.25, 0.3) is 21.1 Å². The van der Waals surface area contributed by atoms with E-state index in [1.165, 1.54) is 39.2 Å². The first-order valence-electron chi connectivity index (χ1n) is 10.8. The van der Waals surface area contributed by atoms with Crippen molar-refractivity contribution >= 4 is 56.5 Å². The normalized spacial score (nSPS) is 24.2. The number of rotatable bonds is 6. The lowest BCUT2D eigenvalue weighted by Crippen LogP contribution is -2.60. The summed E-state index contributed by atoms with van der Waals surface area (Å²) < 4.78 is 34.2. The number of esters is 4. The fraction of sp³-hybridized carbons (Fsp3) is 0.435. The number of para-hydroxylation sites is 1. The molecule has 4 rings (SSSR count). The van der Waals surface area contributed by atoms with E-state index in [0.717, 1.165) is 21.1 Å². The third-order valence-electron chi connectivity index (χ3n) is 5.44. The Balaban J connectivity index is 1.90. The molecule has 1 aliphatic heterocycles. The van der Waals surface area contributed by atoms with Crippen LogP contribution in [0, 0.1) is 0 Å². The summed E-state index contributed by atoms with van der Waals surface area (Å²) in [6, 6.07) is 7.53. The number of benzene rings is 1. The van der Waals surface area contributed by atoms with E-state index < -0.39 is 54.5 Å². The van der Waals surface area contributed by atoms with E-state index in [-0.39, 0.29) is 6.61 Å². The average Bonchev–Trinajstić information content (AvgIpc) is 3.35. The van der Waals surface area contributed by atoms with E-state index in [1.54, 1.807) is 10.8 Å². The van der Waals surface area contributed by atoms with Gasteiger partial charge in [-0.05, 0) is 17.6 Å². The summed E-state index contributed by atoms with van der Waals surface area (Å²) in [6.07, 6.45) is -4.00. The zero-order chi connectivity index (χ0) is 25.3. The Bertz CT molecular complexity index is 1280. The smallest absolute Gasteiger partial charge is 0.303 e. The summed E-state index contributed by atoms with van der Waals surface area (Å²) in [5.41, 5.74) is 0.761. The highest BCUT2D eigenvalue weighted by atomic mass is 32.1. The van der Waals surface area contributed by atoms with Crippen molar-refractivity contribution in [2.24, 2.45) is 0 Å². The van der Waals surface area contributed by atoms with Crippen molar-refractivity contribution in [2.45, 2.75) is 58.3 Å². The van der Waals surface area contributed by atoms with Crippen LogP contribution in [0.2, 0.25) is 0 Å². The Morgan fingerprint density at radius 2 is 1.51 bits per heavy atom. The summed E-state index contributed by atoms with van der Waals surface area (Å²) in [7, 11) is 0. The van der Waals surface area contributed by atoms with Crippen LogP contribution in [0.1, 0.15) is 33.9 Å². The van der Waals surface area contributed by atoms with Crippen LogP contribution in [0.4, 0.5) is 0 Å². The maximum Gasteiger partial charge on any atom is 0.303 e. The largest absolute Gasteiger partial charge is 0.463 e. The monoisotopic (exact) mass is 504 g/mol. The van der Waals surface area contributed by atoms with Crippen molar-refractivity contribution in [1.29, 1.82) is 0 Å². The quantitative estimate of drug-likeness (QED) is 0.364. The van der Waals surface area contributed by atoms with Crippen LogP contribution in [0.15, 0.2) is 30.5 Å². The molecule has 3 heterocycles. The van der Waals surface area contributed by atoms with Gasteiger partial charge in [0.2, 0.25) is 0 Å². The predicted molar refractivity (Wildman–Crippen MR) is 122 cm³/mol. The van der Waals surface area contributed by atoms with Crippen molar-refractivity contribution in [3.63, 3.8) is 0 Å². The fourth-order valence-corrected chi connectivity index (χ4v) is 5.09. The number of hydrogen-bond donors (Lipinski definition) is 0. The van der Waals surface area contributed by atoms with Gasteiger partial charge in [-0.25, -0.2) is 0 Å². The van der Waals surface area contributed by atoms with E-state index in [2.05, 4.69) is 4.37 Å². The van der Waals surface area contributed by atoms with E-state index >= 15 is 0 Å². The Hall–Kier alpha value is -3.51. The first-order chi connectivity index (χ1) is 16.7. The number of nitrogens with zero attached hydrogens (tertiary/aromatic N) is 2. The summed E-state index contributed by atoms with van der Waals surface area (Å²) in [4.78, 5) is 48.4. The lowest BCUT2D eigenvalue weighted by molar-refractivity contribution is -0.267. The Morgan fingerprint density at radius 3 is 2.17 bits per heavy atom. The van der Waals surface area contributed by atoms with Crippen LogP contribution in [-0.2, 0) is 42.9 Å². The molecule has 3 aromatic rings. The van der Waals surface area contributed by atoms with E-state index in [4.69, 9.17) is 23.7 Å². The van der Waals surface area contributed by atoms with Crippen LogP contribution >= 0.6 is 11.5 Å². The summed E-state index contributed by atoms with van der Waals surface area (Å²) >= 11 is 1.21. The second kappa shape index (κ2) is 10.0. The minimum Gasteiger partial charge on any atom is -0.463 e. The first kappa shape index (κ1) is 24.6. The number of carbonyl (C=O) groups excluding carboxylic acids is 4. The van der Waals surface area contributed by atoms with Gasteiger partial charge in [0.05, 0.1) is 11.7 Å². The summed E-state index contributed by atoms with van der Waals surface area (Å²) in [5, 5.41) is 1.75. The highest BCUT2D eigenvalue weighted by Crippen LogP contribution is 2.41. The fourth-order valence-electron chi connectivity index (χ4n) is 4.28. The molecule has 1 fully saturated rings. The summed E-state index contributed by atoms with van der Waals surface area (Å²) in [5.74, 6) is -2.59. The molecule has 12 heteroatoms. The third kappa shape index (κ3) is 4.98. The van der Waals surface area contributed by atoms with Crippen molar-refractivity contribution in [1.82, 2.24) is 8.94 Å². The summed E-state index contributed by atoms with van der Waals surface area (Å²) in [6.45, 7) is 4.52. The molecular weight excluding hydrogens is 480 g/mol. The number of aromatic nitrogens is 2. The van der Waals surface area contributed by atoms with Crippen molar-refractivity contribution in [2.75, 3.05) is 6.61 Å². The SMILES string of the molecule is CC(=O)OC[C@H]1OC(n2c3ccccc3c3cnsc32)[C@H](OC(C)=O)[C@@H](OC(C)=O)[C@@H]1OC(C)=O. The molecule has 1 aliphatic rings. The highest BCUT2D eigenvalue weighted by Gasteiger charge is 2.53. The molecule has 1 unspecified atom stereocenters. The molecule has 0 aliphatic carbocycles. The van der Waals surface area contributed by atoms with Gasteiger partial charge in [0.15, 0.2) is 24.5 Å². The van der Waals surface area contributed by atoms with E-state index in [0.29, 0.717) is 0 Å². The maximum absolute atomic E-state index is 12.1. The Morgan fingerprint density at radius 1 is 0.886 bits per heavy atom. The number of fused-ring (bicyclic) bond motifs is 3. The van der Waals surface area contributed by atoms with E-state index in [1.807, 2.05) is 24.3 Å². The molecular formula is C23H24N2O9S. The molecule has 11 nitrogen and oxygen atoms in total. The van der Waals surface area contributed by atoms with Crippen molar-refractivity contribution in [3.8, 4) is 0 Å². The first-order valence-corrected chi connectivity index (χ1v) is 11.6. The van der Waals surface area contributed by atoms with Gasteiger partial charge in [-0.3, -0.25) is 19.2 Å². The minimum absolute atomic E-state index is 0.292. The highest BCUT2D eigenvalue weighted by molar-refractivity contribution is 7.13. The van der Waals surface area contributed by atoms with Crippen molar-refractivity contribution in [3.05, 3.63) is 30.5 Å². The predicted octanol–water partition coefficient (Wildman–Crippen LogP) is 2.51. The molecule has 1 aromatic carbocycles. The lowest BCUT2D eigenvalue weighted by Gasteiger charge is -2.44. The van der Waals surface area contributed by atoms with Gasteiger partial charge in [0, 0.05) is 38.5 Å². The van der Waals surface area contributed by atoms with Gasteiger partial charge in [-0.2, -0.15) is 4.37 Å². The van der Waals surface area contributed by atoms with Crippen molar-refractivity contribution < 1.29 is 42.9 Å². The molecule has 5 atom stereocenters. The second-order valence-corrected chi connectivity index (χ2v) is 8.80. The number of carbonyl (C=O) groups is 4. The van der Waals surface area contributed by atoms with Gasteiger partial charge < -0.3 is 28.3 Å². The van der Waals surface area contributed by atoms with Gasteiger partial charge in [0.1, 0.15) is 17.5 Å². The molecule has 0 radical (unpaired) electrons. The molecule has 2 aromatic heterocycles. The number of hydrogen-bond acceptors (Lipinski definition) is 11. The van der Waals surface area contributed by atoms with Gasteiger partial charge in [0.25, 0.3) is 0 Å². The van der Waals surface area contributed by atoms with Gasteiger partial charge in [-0.15, -0.1) is 0 Å². The third-order valence-corrected chi connectivity index (χ3v) is 6.25. The van der Waals surface area contributed by atoms with Gasteiger partial charge >= 0.3 is 23.9 Å². The average molecular weight is 505 g/mol. The molecule has 0 N–H and O–H groups in total. The Labute approximate surface area is 204 Å². The standard InChI is InChI=1S/C23H24N2O9S/c1-11(26)30-10-18-19(31-12(2)27)20(32-13(3)28)21(33-14(4)29)22(34-18)25-17-8-6-5-7-15(17)16-9-24-35-23(16)25/h5-9,18-22H,10H2,1-4H3/t18-,19-,20+,21-,22?/m1/s1. The zero-order valence-electron chi connectivity index (χ0n) is 19.5. The topological polar surface area (TPSA) is 132 Å². The molecule has 0 spiro atoms. The Kier molecular flexibility index (Phi) is 7.03. The second-order valence-electron chi connectivity index (χ2n) is 8.02. The van der Waals surface area contributed by atoms with Crippen LogP contribution in [0.3, 0.4) is 0 Å². The lowest BCUT2D eigenvalue weighted by atomic mass is 9.97. The molecule has 0 amide bonds. The van der Waals surface area contributed by atoms with Crippen LogP contribution in [-0.4, -0.2) is 63.8 Å².